The average Bonchev–Trinajstić information content (AvgIpc) is 3.32. The Bertz CT molecular complexity index is 1490. The van der Waals surface area contributed by atoms with Gasteiger partial charge in [0.05, 0.1) is 12.1 Å². The lowest BCUT2D eigenvalue weighted by atomic mass is 10.1. The van der Waals surface area contributed by atoms with Crippen LogP contribution in [0.5, 0.6) is 0 Å². The molecule has 172 valence electrons. The standard InChI is InChI=1S/C22H20F2N4O4S/c1-33(30,31)13-28-18-9-17(21(29)27-8-4-7-22(23,24)12-27)25-10-15(18)20(26-28)16-11-32-19-6-3-2-5-14(16)19/h2-3,5-6,9-11H,4,7-8,12-13H2,1H3. The number of likely N-dealkylation sites (tertiary alicyclic amines) is 1. The number of furan rings is 1. The Morgan fingerprint density at radius 2 is 2.03 bits per heavy atom. The first-order valence-electron chi connectivity index (χ1n) is 10.3. The molecular weight excluding hydrogens is 454 g/mol. The Hall–Kier alpha value is -3.34. The minimum absolute atomic E-state index is 0.0431. The number of halogens is 2. The first-order chi connectivity index (χ1) is 15.6. The van der Waals surface area contributed by atoms with E-state index in [4.69, 9.17) is 4.42 Å². The third-order valence-electron chi connectivity index (χ3n) is 5.63. The molecule has 5 rings (SSSR count). The van der Waals surface area contributed by atoms with Crippen LogP contribution >= 0.6 is 0 Å². The van der Waals surface area contributed by atoms with E-state index >= 15 is 0 Å². The zero-order chi connectivity index (χ0) is 23.4. The van der Waals surface area contributed by atoms with Crippen LogP contribution < -0.4 is 0 Å². The first kappa shape index (κ1) is 21.5. The van der Waals surface area contributed by atoms with Crippen LogP contribution in [0.2, 0.25) is 0 Å². The molecule has 33 heavy (non-hydrogen) atoms. The number of benzene rings is 1. The molecule has 0 N–H and O–H groups in total. The van der Waals surface area contributed by atoms with Gasteiger partial charge in [-0.15, -0.1) is 0 Å². The quantitative estimate of drug-likeness (QED) is 0.447. The van der Waals surface area contributed by atoms with Gasteiger partial charge < -0.3 is 9.32 Å². The second-order valence-corrected chi connectivity index (χ2v) is 10.4. The fourth-order valence-electron chi connectivity index (χ4n) is 4.17. The summed E-state index contributed by atoms with van der Waals surface area (Å²) in [4.78, 5) is 18.2. The number of amides is 1. The number of hydrogen-bond donors (Lipinski definition) is 0. The largest absolute Gasteiger partial charge is 0.464 e. The molecule has 1 aliphatic heterocycles. The van der Waals surface area contributed by atoms with E-state index in [0.717, 1.165) is 16.5 Å². The molecule has 0 bridgehead atoms. The summed E-state index contributed by atoms with van der Waals surface area (Å²) in [5, 5.41) is 5.81. The maximum atomic E-state index is 13.8. The molecule has 0 atom stereocenters. The Morgan fingerprint density at radius 3 is 2.79 bits per heavy atom. The van der Waals surface area contributed by atoms with Crippen LogP contribution in [0.15, 0.2) is 47.2 Å². The van der Waals surface area contributed by atoms with Crippen molar-refractivity contribution < 1.29 is 26.4 Å². The van der Waals surface area contributed by atoms with Gasteiger partial charge in [-0.05, 0) is 18.6 Å². The van der Waals surface area contributed by atoms with Gasteiger partial charge in [-0.3, -0.25) is 9.78 Å². The fourth-order valence-corrected chi connectivity index (χ4v) is 4.81. The van der Waals surface area contributed by atoms with Crippen molar-refractivity contribution in [3.63, 3.8) is 0 Å². The van der Waals surface area contributed by atoms with Crippen molar-refractivity contribution in [2.24, 2.45) is 0 Å². The van der Waals surface area contributed by atoms with Gasteiger partial charge in [0, 0.05) is 41.8 Å². The lowest BCUT2D eigenvalue weighted by molar-refractivity contribution is -0.0561. The number of rotatable bonds is 4. The third kappa shape index (κ3) is 4.08. The number of alkyl halides is 2. The number of piperidine rings is 1. The van der Waals surface area contributed by atoms with Gasteiger partial charge in [0.1, 0.15) is 29.1 Å². The number of aromatic nitrogens is 3. The summed E-state index contributed by atoms with van der Waals surface area (Å²) in [7, 11) is -3.47. The monoisotopic (exact) mass is 474 g/mol. The number of para-hydroxylation sites is 1. The average molecular weight is 474 g/mol. The highest BCUT2D eigenvalue weighted by Crippen LogP contribution is 2.35. The SMILES string of the molecule is CS(=O)(=O)Cn1nc(-c2coc3ccccc23)c2cnc(C(=O)N3CCCC(F)(F)C3)cc21. The van der Waals surface area contributed by atoms with Crippen LogP contribution in [-0.2, 0) is 15.7 Å². The summed E-state index contributed by atoms with van der Waals surface area (Å²) in [6.07, 6.45) is 3.98. The molecule has 1 amide bonds. The van der Waals surface area contributed by atoms with Crippen molar-refractivity contribution in [1.82, 2.24) is 19.7 Å². The molecule has 0 spiro atoms. The van der Waals surface area contributed by atoms with E-state index in [2.05, 4.69) is 10.1 Å². The number of nitrogens with zero attached hydrogens (tertiary/aromatic N) is 4. The van der Waals surface area contributed by atoms with Gasteiger partial charge in [0.15, 0.2) is 9.84 Å². The summed E-state index contributed by atoms with van der Waals surface area (Å²) in [6, 6.07) is 8.75. The molecule has 1 fully saturated rings. The Labute approximate surface area is 187 Å². The highest BCUT2D eigenvalue weighted by molar-refractivity contribution is 7.89. The predicted molar refractivity (Wildman–Crippen MR) is 118 cm³/mol. The summed E-state index contributed by atoms with van der Waals surface area (Å²) in [6.45, 7) is -0.455. The van der Waals surface area contributed by atoms with Gasteiger partial charge in [-0.25, -0.2) is 21.9 Å². The van der Waals surface area contributed by atoms with Crippen LogP contribution in [0.25, 0.3) is 33.1 Å². The van der Waals surface area contributed by atoms with Crippen molar-refractivity contribution in [2.45, 2.75) is 24.6 Å². The number of hydrogen-bond acceptors (Lipinski definition) is 6. The van der Waals surface area contributed by atoms with Gasteiger partial charge in [0.2, 0.25) is 0 Å². The molecule has 1 saturated heterocycles. The zero-order valence-corrected chi connectivity index (χ0v) is 18.5. The topological polar surface area (TPSA) is 98.3 Å². The number of carbonyl (C=O) groups excluding carboxylic acids is 1. The lowest BCUT2D eigenvalue weighted by Gasteiger charge is -2.32. The number of sulfone groups is 1. The summed E-state index contributed by atoms with van der Waals surface area (Å²) < 4.78 is 58.6. The summed E-state index contributed by atoms with van der Waals surface area (Å²) in [5.41, 5.74) is 2.07. The second-order valence-electron chi connectivity index (χ2n) is 8.32. The van der Waals surface area contributed by atoms with E-state index in [1.165, 1.54) is 23.2 Å². The molecule has 1 aliphatic rings. The molecular formula is C22H20F2N4O4S. The fraction of sp³-hybridized carbons (Fsp3) is 0.318. The van der Waals surface area contributed by atoms with E-state index in [-0.39, 0.29) is 25.1 Å². The molecule has 4 heterocycles. The predicted octanol–water partition coefficient (Wildman–Crippen LogP) is 3.72. The smallest absolute Gasteiger partial charge is 0.272 e. The van der Waals surface area contributed by atoms with Crippen LogP contribution in [0.4, 0.5) is 8.78 Å². The normalized spacial score (nSPS) is 16.5. The van der Waals surface area contributed by atoms with Crippen LogP contribution in [0, 0.1) is 0 Å². The first-order valence-corrected chi connectivity index (χ1v) is 12.4. The molecule has 1 aromatic carbocycles. The lowest BCUT2D eigenvalue weighted by Crippen LogP contribution is -2.45. The highest BCUT2D eigenvalue weighted by Gasteiger charge is 2.37. The maximum Gasteiger partial charge on any atom is 0.272 e. The van der Waals surface area contributed by atoms with Gasteiger partial charge in [-0.2, -0.15) is 5.10 Å². The van der Waals surface area contributed by atoms with E-state index in [1.54, 1.807) is 6.07 Å². The van der Waals surface area contributed by atoms with Crippen molar-refractivity contribution in [2.75, 3.05) is 19.3 Å². The van der Waals surface area contributed by atoms with E-state index < -0.39 is 34.1 Å². The van der Waals surface area contributed by atoms with Crippen molar-refractivity contribution in [3.05, 3.63) is 48.5 Å². The van der Waals surface area contributed by atoms with Crippen LogP contribution in [-0.4, -0.2) is 59.3 Å². The molecule has 0 aliphatic carbocycles. The van der Waals surface area contributed by atoms with Gasteiger partial charge >= 0.3 is 0 Å². The Kier molecular flexibility index (Phi) is 4.96. The van der Waals surface area contributed by atoms with Gasteiger partial charge in [-0.1, -0.05) is 18.2 Å². The zero-order valence-electron chi connectivity index (χ0n) is 17.7. The van der Waals surface area contributed by atoms with E-state index in [1.807, 2.05) is 18.2 Å². The summed E-state index contributed by atoms with van der Waals surface area (Å²) >= 11 is 0. The van der Waals surface area contributed by atoms with E-state index in [0.29, 0.717) is 27.7 Å². The van der Waals surface area contributed by atoms with Crippen LogP contribution in [0.1, 0.15) is 23.3 Å². The number of carbonyl (C=O) groups is 1. The summed E-state index contributed by atoms with van der Waals surface area (Å²) in [5.74, 6) is -3.98. The minimum atomic E-state index is -3.47. The molecule has 0 saturated carbocycles. The van der Waals surface area contributed by atoms with E-state index in [9.17, 15) is 22.0 Å². The Morgan fingerprint density at radius 1 is 1.24 bits per heavy atom. The molecule has 8 nitrogen and oxygen atoms in total. The molecule has 3 aromatic heterocycles. The highest BCUT2D eigenvalue weighted by atomic mass is 32.2. The van der Waals surface area contributed by atoms with Crippen LogP contribution in [0.3, 0.4) is 0 Å². The molecule has 4 aromatic rings. The molecule has 11 heteroatoms. The second kappa shape index (κ2) is 7.62. The Balaban J connectivity index is 1.63. The number of pyridine rings is 1. The van der Waals surface area contributed by atoms with Crippen molar-refractivity contribution in [1.29, 1.82) is 0 Å². The van der Waals surface area contributed by atoms with Gasteiger partial charge in [0.25, 0.3) is 11.8 Å². The van der Waals surface area contributed by atoms with Crippen molar-refractivity contribution >= 4 is 37.6 Å². The third-order valence-corrected chi connectivity index (χ3v) is 6.34. The van der Waals surface area contributed by atoms with Crippen molar-refractivity contribution in [3.8, 4) is 11.3 Å². The molecule has 0 radical (unpaired) electrons. The maximum absolute atomic E-state index is 13.8. The minimum Gasteiger partial charge on any atom is -0.464 e. The number of fused-ring (bicyclic) bond motifs is 2. The molecule has 0 unspecified atom stereocenters.